The van der Waals surface area contributed by atoms with Crippen LogP contribution < -0.4 is 5.19 Å². The number of rotatable bonds is 4. The van der Waals surface area contributed by atoms with Gasteiger partial charge in [-0.15, -0.1) is 0 Å². The average Bonchev–Trinajstić information content (AvgIpc) is 2.44. The van der Waals surface area contributed by atoms with Gasteiger partial charge in [-0.2, -0.15) is 0 Å². The number of halogens is 3. The lowest BCUT2D eigenvalue weighted by Gasteiger charge is -2.32. The summed E-state index contributed by atoms with van der Waals surface area (Å²) in [6.07, 6.45) is 7.75. The molecule has 0 aromatic heterocycles. The summed E-state index contributed by atoms with van der Waals surface area (Å²) in [4.78, 5) is 0. The molecule has 0 amide bonds. The van der Waals surface area contributed by atoms with Crippen molar-refractivity contribution in [1.82, 2.24) is 0 Å². The van der Waals surface area contributed by atoms with Crippen molar-refractivity contribution in [3.8, 4) is 0 Å². The highest BCUT2D eigenvalue weighted by atomic mass is 127. The zero-order valence-corrected chi connectivity index (χ0v) is 15.6. The van der Waals surface area contributed by atoms with Crippen molar-refractivity contribution in [3.63, 3.8) is 0 Å². The summed E-state index contributed by atoms with van der Waals surface area (Å²) in [5.41, 5.74) is 0.710. The number of hydrogen-bond acceptors (Lipinski definition) is 0. The molecule has 2 rings (SSSR count). The molecule has 0 saturated heterocycles. The van der Waals surface area contributed by atoms with Gasteiger partial charge in [0.15, 0.2) is 0 Å². The van der Waals surface area contributed by atoms with Crippen LogP contribution in [0.15, 0.2) is 12.1 Å². The first-order valence-corrected chi connectivity index (χ1v) is 11.1. The SMILES string of the molecule is CCCC1CCC([SiH](C)c2cc(F)c(I)c(F)c2)CC1. The van der Waals surface area contributed by atoms with Crippen LogP contribution in [0.4, 0.5) is 8.78 Å². The Hall–Kier alpha value is 0.0269. The Morgan fingerprint density at radius 2 is 1.70 bits per heavy atom. The normalized spacial score (nSPS) is 24.6. The van der Waals surface area contributed by atoms with Crippen molar-refractivity contribution in [2.75, 3.05) is 0 Å². The first-order chi connectivity index (χ1) is 9.52. The summed E-state index contributed by atoms with van der Waals surface area (Å²) >= 11 is 1.74. The topological polar surface area (TPSA) is 0 Å². The number of benzene rings is 1. The van der Waals surface area contributed by atoms with Crippen molar-refractivity contribution >= 4 is 36.6 Å². The Morgan fingerprint density at radius 3 is 2.20 bits per heavy atom. The third-order valence-electron chi connectivity index (χ3n) is 4.83. The van der Waals surface area contributed by atoms with Gasteiger partial charge in [0.2, 0.25) is 0 Å². The minimum absolute atomic E-state index is 0.124. The maximum absolute atomic E-state index is 13.7. The Morgan fingerprint density at radius 1 is 1.15 bits per heavy atom. The molecule has 1 aliphatic carbocycles. The standard InChI is InChI=1S/C16H23F2ISi/c1-3-4-11-5-7-12(8-6-11)20(2)13-9-14(17)16(19)15(18)10-13/h9-12,20H,3-8H2,1-2H3. The fourth-order valence-electron chi connectivity index (χ4n) is 3.50. The van der Waals surface area contributed by atoms with Gasteiger partial charge in [0.25, 0.3) is 0 Å². The van der Waals surface area contributed by atoms with Crippen LogP contribution in [-0.4, -0.2) is 8.80 Å². The second-order valence-corrected chi connectivity index (χ2v) is 10.4. The van der Waals surface area contributed by atoms with Crippen molar-refractivity contribution in [2.24, 2.45) is 5.92 Å². The van der Waals surface area contributed by atoms with E-state index >= 15 is 0 Å². The number of hydrogen-bond donors (Lipinski definition) is 0. The lowest BCUT2D eigenvalue weighted by molar-refractivity contribution is 0.334. The molecule has 1 aliphatic rings. The van der Waals surface area contributed by atoms with Crippen molar-refractivity contribution in [2.45, 2.75) is 57.5 Å². The van der Waals surface area contributed by atoms with Crippen LogP contribution in [-0.2, 0) is 0 Å². The fourth-order valence-corrected chi connectivity index (χ4v) is 6.55. The van der Waals surface area contributed by atoms with E-state index in [0.29, 0.717) is 5.54 Å². The van der Waals surface area contributed by atoms with Gasteiger partial charge in [-0.1, -0.05) is 57.2 Å². The van der Waals surface area contributed by atoms with Crippen LogP contribution in [0.25, 0.3) is 0 Å². The molecule has 0 bridgehead atoms. The molecule has 0 aliphatic heterocycles. The average molecular weight is 408 g/mol. The molecule has 1 aromatic rings. The molecule has 0 heterocycles. The van der Waals surface area contributed by atoms with E-state index in [-0.39, 0.29) is 15.2 Å². The highest BCUT2D eigenvalue weighted by Crippen LogP contribution is 2.36. The van der Waals surface area contributed by atoms with Gasteiger partial charge >= 0.3 is 0 Å². The molecule has 1 atom stereocenters. The van der Waals surface area contributed by atoms with Crippen LogP contribution >= 0.6 is 22.6 Å². The fraction of sp³-hybridized carbons (Fsp3) is 0.625. The lowest BCUT2D eigenvalue weighted by atomic mass is 9.86. The van der Waals surface area contributed by atoms with Crippen molar-refractivity contribution in [3.05, 3.63) is 27.3 Å². The highest BCUT2D eigenvalue weighted by molar-refractivity contribution is 14.1. The van der Waals surface area contributed by atoms with Crippen LogP contribution in [0, 0.1) is 21.1 Å². The van der Waals surface area contributed by atoms with Gasteiger partial charge in [-0.3, -0.25) is 0 Å². The van der Waals surface area contributed by atoms with E-state index in [1.54, 1.807) is 34.7 Å². The van der Waals surface area contributed by atoms with E-state index in [1.807, 2.05) is 0 Å². The Balaban J connectivity index is 2.03. The second-order valence-electron chi connectivity index (χ2n) is 6.16. The lowest BCUT2D eigenvalue weighted by Crippen LogP contribution is -2.35. The Kier molecular flexibility index (Phi) is 6.02. The molecule has 4 heteroatoms. The molecule has 0 N–H and O–H groups in total. The van der Waals surface area contributed by atoms with Crippen molar-refractivity contribution in [1.29, 1.82) is 0 Å². The Bertz CT molecular complexity index is 433. The smallest absolute Gasteiger partial charge is 0.139 e. The summed E-state index contributed by atoms with van der Waals surface area (Å²) in [5.74, 6) is 0.113. The molecule has 1 fully saturated rings. The van der Waals surface area contributed by atoms with E-state index in [0.717, 1.165) is 11.1 Å². The second kappa shape index (κ2) is 7.34. The van der Waals surface area contributed by atoms with Gasteiger partial charge in [0.05, 0.1) is 12.4 Å². The van der Waals surface area contributed by atoms with E-state index < -0.39 is 8.80 Å². The minimum atomic E-state index is -1.25. The molecule has 20 heavy (non-hydrogen) atoms. The highest BCUT2D eigenvalue weighted by Gasteiger charge is 2.27. The molecule has 1 saturated carbocycles. The van der Waals surface area contributed by atoms with Crippen LogP contribution in [0.1, 0.15) is 45.4 Å². The van der Waals surface area contributed by atoms with Crippen LogP contribution in [0.5, 0.6) is 0 Å². The van der Waals surface area contributed by atoms with E-state index in [9.17, 15) is 8.78 Å². The molecule has 0 spiro atoms. The molecular weight excluding hydrogens is 385 g/mol. The first kappa shape index (κ1) is 16.4. The maximum Gasteiger partial charge on any atom is 0.139 e. The molecule has 112 valence electrons. The van der Waals surface area contributed by atoms with Gasteiger partial charge in [0.1, 0.15) is 11.6 Å². The van der Waals surface area contributed by atoms with Gasteiger partial charge in [-0.05, 0) is 46.2 Å². The van der Waals surface area contributed by atoms with E-state index in [1.165, 1.54) is 38.5 Å². The predicted octanol–water partition coefficient (Wildman–Crippen LogP) is 4.99. The van der Waals surface area contributed by atoms with Crippen molar-refractivity contribution < 1.29 is 8.78 Å². The summed E-state index contributed by atoms with van der Waals surface area (Å²) in [6, 6.07) is 3.17. The molecule has 1 aromatic carbocycles. The summed E-state index contributed by atoms with van der Waals surface area (Å²) in [6.45, 7) is 4.51. The summed E-state index contributed by atoms with van der Waals surface area (Å²) < 4.78 is 27.5. The third-order valence-corrected chi connectivity index (χ3v) is 9.32. The maximum atomic E-state index is 13.7. The van der Waals surface area contributed by atoms with Crippen LogP contribution in [0.3, 0.4) is 0 Å². The summed E-state index contributed by atoms with van der Waals surface area (Å²) in [5, 5.41) is 0.958. The molecule has 1 unspecified atom stereocenters. The largest absolute Gasteiger partial charge is 0.206 e. The Labute approximate surface area is 136 Å². The summed E-state index contributed by atoms with van der Waals surface area (Å²) in [7, 11) is -1.25. The van der Waals surface area contributed by atoms with E-state index in [4.69, 9.17) is 0 Å². The third kappa shape index (κ3) is 3.81. The quantitative estimate of drug-likeness (QED) is 0.374. The molecule has 0 nitrogen and oxygen atoms in total. The molecule has 0 radical (unpaired) electrons. The van der Waals surface area contributed by atoms with Gasteiger partial charge in [-0.25, -0.2) is 8.78 Å². The van der Waals surface area contributed by atoms with Gasteiger partial charge in [0, 0.05) is 0 Å². The monoisotopic (exact) mass is 408 g/mol. The first-order valence-electron chi connectivity index (χ1n) is 7.67. The minimum Gasteiger partial charge on any atom is -0.206 e. The van der Waals surface area contributed by atoms with Crippen LogP contribution in [0.2, 0.25) is 12.1 Å². The predicted molar refractivity (Wildman–Crippen MR) is 92.3 cm³/mol. The van der Waals surface area contributed by atoms with Gasteiger partial charge < -0.3 is 0 Å². The molecular formula is C16H23F2ISi. The zero-order valence-electron chi connectivity index (χ0n) is 12.3. The zero-order chi connectivity index (χ0) is 14.7. The van der Waals surface area contributed by atoms with E-state index in [2.05, 4.69) is 13.5 Å².